The molecule has 3 aromatic rings. The van der Waals surface area contributed by atoms with E-state index in [4.69, 9.17) is 15.0 Å². The summed E-state index contributed by atoms with van der Waals surface area (Å²) in [4.78, 5) is 11.2. The Labute approximate surface area is 134 Å². The zero-order valence-corrected chi connectivity index (χ0v) is 12.9. The van der Waals surface area contributed by atoms with Gasteiger partial charge in [-0.1, -0.05) is 27.2 Å². The summed E-state index contributed by atoms with van der Waals surface area (Å²) < 4.78 is 12.0. The average Bonchev–Trinajstić information content (AvgIpc) is 2.96. The highest BCUT2D eigenvalue weighted by Gasteiger charge is 2.13. The van der Waals surface area contributed by atoms with Gasteiger partial charge in [0.2, 0.25) is 11.7 Å². The van der Waals surface area contributed by atoms with Crippen molar-refractivity contribution in [2.75, 3.05) is 0 Å². The van der Waals surface area contributed by atoms with E-state index in [0.29, 0.717) is 22.8 Å². The Morgan fingerprint density at radius 3 is 2.68 bits per heavy atom. The quantitative estimate of drug-likeness (QED) is 0.764. The molecule has 0 radical (unpaired) electrons. The molecule has 0 fully saturated rings. The summed E-state index contributed by atoms with van der Waals surface area (Å²) in [6.45, 7) is 0. The molecule has 5 nitrogen and oxygen atoms in total. The minimum atomic E-state index is -0.510. The van der Waals surface area contributed by atoms with Crippen LogP contribution in [0.15, 0.2) is 63.7 Å². The number of ether oxygens (including phenoxy) is 1. The van der Waals surface area contributed by atoms with E-state index in [9.17, 15) is 4.79 Å². The number of hydrogen-bond acceptors (Lipinski definition) is 4. The Morgan fingerprint density at radius 1 is 1.18 bits per heavy atom. The fourth-order valence-corrected chi connectivity index (χ4v) is 2.20. The molecule has 1 heterocycles. The number of primary amides is 1. The van der Waals surface area contributed by atoms with E-state index >= 15 is 0 Å². The van der Waals surface area contributed by atoms with Crippen molar-refractivity contribution < 1.29 is 14.1 Å². The lowest BCUT2D eigenvalue weighted by atomic mass is 10.1. The summed E-state index contributed by atoms with van der Waals surface area (Å²) in [6, 6.07) is 14.2. The van der Waals surface area contributed by atoms with Gasteiger partial charge < -0.3 is 15.0 Å². The average molecular weight is 359 g/mol. The van der Waals surface area contributed by atoms with Crippen LogP contribution in [0.25, 0.3) is 11.3 Å². The first-order valence-corrected chi connectivity index (χ1v) is 7.21. The normalized spacial score (nSPS) is 10.4. The zero-order chi connectivity index (χ0) is 15.5. The molecule has 1 amide bonds. The van der Waals surface area contributed by atoms with Gasteiger partial charge in [0.05, 0.1) is 0 Å². The summed E-state index contributed by atoms with van der Waals surface area (Å²) in [5.41, 5.74) is 6.47. The number of rotatable bonds is 4. The van der Waals surface area contributed by atoms with Crippen LogP contribution in [-0.4, -0.2) is 11.1 Å². The van der Waals surface area contributed by atoms with Crippen LogP contribution in [0.1, 0.15) is 10.4 Å². The van der Waals surface area contributed by atoms with Crippen LogP contribution >= 0.6 is 15.9 Å². The van der Waals surface area contributed by atoms with Crippen LogP contribution in [0.3, 0.4) is 0 Å². The lowest BCUT2D eigenvalue weighted by Crippen LogP contribution is -2.10. The van der Waals surface area contributed by atoms with Gasteiger partial charge in [-0.3, -0.25) is 4.79 Å². The molecule has 0 bridgehead atoms. The van der Waals surface area contributed by atoms with Crippen LogP contribution in [0.5, 0.6) is 11.5 Å². The molecule has 0 spiro atoms. The van der Waals surface area contributed by atoms with Gasteiger partial charge in [-0.05, 0) is 42.5 Å². The first-order valence-electron chi connectivity index (χ1n) is 6.42. The summed E-state index contributed by atoms with van der Waals surface area (Å²) in [6.07, 6.45) is 1.48. The maximum atomic E-state index is 11.2. The third-order valence-electron chi connectivity index (χ3n) is 2.99. The van der Waals surface area contributed by atoms with Crippen molar-refractivity contribution in [3.63, 3.8) is 0 Å². The van der Waals surface area contributed by atoms with Crippen LogP contribution < -0.4 is 10.5 Å². The van der Waals surface area contributed by atoms with Crippen LogP contribution in [-0.2, 0) is 0 Å². The molecule has 0 saturated carbocycles. The second kappa shape index (κ2) is 6.03. The Kier molecular flexibility index (Phi) is 3.93. The number of carbonyl (C=O) groups is 1. The van der Waals surface area contributed by atoms with Crippen LogP contribution in [0.2, 0.25) is 0 Å². The fraction of sp³-hybridized carbons (Fsp3) is 0. The number of nitrogens with zero attached hydrogens (tertiary/aromatic N) is 1. The van der Waals surface area contributed by atoms with Gasteiger partial charge in [-0.25, -0.2) is 0 Å². The number of halogens is 1. The molecular formula is C16H11BrN2O3. The molecule has 3 rings (SSSR count). The number of benzene rings is 2. The first-order chi connectivity index (χ1) is 10.6. The van der Waals surface area contributed by atoms with Gasteiger partial charge in [-0.15, -0.1) is 0 Å². The van der Waals surface area contributed by atoms with Gasteiger partial charge in [0, 0.05) is 15.6 Å². The molecule has 2 N–H and O–H groups in total. The smallest absolute Gasteiger partial charge is 0.248 e. The summed E-state index contributed by atoms with van der Waals surface area (Å²) in [7, 11) is 0. The maximum absolute atomic E-state index is 11.2. The summed E-state index contributed by atoms with van der Waals surface area (Å²) >= 11 is 3.38. The van der Waals surface area contributed by atoms with E-state index in [0.717, 1.165) is 10.0 Å². The molecule has 0 aliphatic heterocycles. The maximum Gasteiger partial charge on any atom is 0.248 e. The minimum Gasteiger partial charge on any atom is -0.452 e. The number of nitrogens with two attached hydrogens (primary N) is 1. The van der Waals surface area contributed by atoms with E-state index in [-0.39, 0.29) is 0 Å². The number of carbonyl (C=O) groups excluding carboxylic acids is 1. The SMILES string of the molecule is NC(=O)c1cccc(Oc2cnoc2-c2ccc(Br)cc2)c1. The van der Waals surface area contributed by atoms with Gasteiger partial charge in [0.15, 0.2) is 5.75 Å². The molecule has 0 saturated heterocycles. The zero-order valence-electron chi connectivity index (χ0n) is 11.3. The number of hydrogen-bond donors (Lipinski definition) is 1. The monoisotopic (exact) mass is 358 g/mol. The van der Waals surface area contributed by atoms with E-state index in [1.54, 1.807) is 24.3 Å². The van der Waals surface area contributed by atoms with Crippen molar-refractivity contribution in [2.45, 2.75) is 0 Å². The molecule has 0 aliphatic rings. The summed E-state index contributed by atoms with van der Waals surface area (Å²) in [5.74, 6) is 0.947. The Balaban J connectivity index is 1.91. The molecule has 2 aromatic carbocycles. The van der Waals surface area contributed by atoms with Crippen molar-refractivity contribution in [3.05, 3.63) is 64.8 Å². The van der Waals surface area contributed by atoms with E-state index in [2.05, 4.69) is 21.1 Å². The predicted molar refractivity (Wildman–Crippen MR) is 84.7 cm³/mol. The van der Waals surface area contributed by atoms with Crippen LogP contribution in [0, 0.1) is 0 Å². The van der Waals surface area contributed by atoms with Crippen molar-refractivity contribution in [3.8, 4) is 22.8 Å². The number of amides is 1. The van der Waals surface area contributed by atoms with Crippen LogP contribution in [0.4, 0.5) is 0 Å². The highest BCUT2D eigenvalue weighted by atomic mass is 79.9. The lowest BCUT2D eigenvalue weighted by molar-refractivity contribution is 0.1000. The minimum absolute atomic E-state index is 0.374. The Morgan fingerprint density at radius 2 is 1.95 bits per heavy atom. The highest BCUT2D eigenvalue weighted by Crippen LogP contribution is 2.33. The molecule has 1 aromatic heterocycles. The predicted octanol–water partition coefficient (Wildman–Crippen LogP) is 4.00. The second-order valence-electron chi connectivity index (χ2n) is 4.52. The van der Waals surface area contributed by atoms with Crippen molar-refractivity contribution in [2.24, 2.45) is 5.73 Å². The lowest BCUT2D eigenvalue weighted by Gasteiger charge is -2.06. The third kappa shape index (κ3) is 3.01. The summed E-state index contributed by atoms with van der Waals surface area (Å²) in [5, 5.41) is 3.77. The molecule has 0 aliphatic carbocycles. The molecule has 6 heteroatoms. The van der Waals surface area contributed by atoms with Crippen molar-refractivity contribution in [1.29, 1.82) is 0 Å². The Hall–Kier alpha value is -2.60. The number of aromatic nitrogens is 1. The van der Waals surface area contributed by atoms with Crippen molar-refractivity contribution >= 4 is 21.8 Å². The van der Waals surface area contributed by atoms with Gasteiger partial charge in [0.25, 0.3) is 0 Å². The van der Waals surface area contributed by atoms with Gasteiger partial charge in [0.1, 0.15) is 11.9 Å². The van der Waals surface area contributed by atoms with E-state index in [1.165, 1.54) is 6.20 Å². The Bertz CT molecular complexity index is 812. The molecular weight excluding hydrogens is 348 g/mol. The second-order valence-corrected chi connectivity index (χ2v) is 5.44. The van der Waals surface area contributed by atoms with E-state index in [1.807, 2.05) is 24.3 Å². The van der Waals surface area contributed by atoms with Crippen molar-refractivity contribution in [1.82, 2.24) is 5.16 Å². The topological polar surface area (TPSA) is 78.4 Å². The molecule has 110 valence electrons. The van der Waals surface area contributed by atoms with Gasteiger partial charge in [-0.2, -0.15) is 0 Å². The largest absolute Gasteiger partial charge is 0.452 e. The standard InChI is InChI=1S/C16H11BrN2O3/c17-12-6-4-10(5-7-12)15-14(9-19-22-15)21-13-3-1-2-11(8-13)16(18)20/h1-9H,(H2,18,20). The first kappa shape index (κ1) is 14.3. The fourth-order valence-electron chi connectivity index (χ4n) is 1.94. The van der Waals surface area contributed by atoms with E-state index < -0.39 is 5.91 Å². The molecule has 22 heavy (non-hydrogen) atoms. The van der Waals surface area contributed by atoms with Gasteiger partial charge >= 0.3 is 0 Å². The third-order valence-corrected chi connectivity index (χ3v) is 3.52. The molecule has 0 unspecified atom stereocenters. The molecule has 0 atom stereocenters. The highest BCUT2D eigenvalue weighted by molar-refractivity contribution is 9.10.